The Morgan fingerprint density at radius 1 is 0.600 bits per heavy atom. The third kappa shape index (κ3) is 21.0. The van der Waals surface area contributed by atoms with Gasteiger partial charge in [-0.15, -0.1) is 11.6 Å². The Kier molecular flexibility index (Phi) is 24.0. The number of phenols is 1. The van der Waals surface area contributed by atoms with E-state index in [9.17, 15) is 24.0 Å². The first-order valence-corrected chi connectivity index (χ1v) is 23.1. The molecule has 0 aliphatic carbocycles. The van der Waals surface area contributed by atoms with E-state index in [2.05, 4.69) is 5.32 Å². The fraction of sp³-hybridized carbons (Fsp3) is 0.453. The average molecular weight is 995 g/mol. The molecule has 3 aromatic carbocycles. The van der Waals surface area contributed by atoms with Gasteiger partial charge in [-0.05, 0) is 148 Å². The molecule has 0 bridgehead atoms. The van der Waals surface area contributed by atoms with Gasteiger partial charge in [0.2, 0.25) is 0 Å². The van der Waals surface area contributed by atoms with Gasteiger partial charge in [-0.3, -0.25) is 0 Å². The zero-order valence-corrected chi connectivity index (χ0v) is 42.7. The SMILES string of the molecule is C.CN(CCCCl)C(=O)OC(C)(C)C.CNCCCOc1ccc2c(C)cc(=O)oc2c1.Cc1cc(=O)oc2cc(O)ccc12.Cc1cc(=O)oc2cc(OCCCN(C)C(=O)OC(C)(C)C)ccc12. The van der Waals surface area contributed by atoms with Gasteiger partial charge in [0.15, 0.2) is 0 Å². The van der Waals surface area contributed by atoms with Gasteiger partial charge in [-0.2, -0.15) is 0 Å². The molecular weight excluding hydrogens is 922 g/mol. The van der Waals surface area contributed by atoms with Crippen LogP contribution in [0.2, 0.25) is 0 Å². The monoisotopic (exact) mass is 993 g/mol. The number of alkyl halides is 1. The van der Waals surface area contributed by atoms with Crippen LogP contribution in [0.5, 0.6) is 17.2 Å². The number of halogens is 1. The van der Waals surface area contributed by atoms with Crippen LogP contribution in [0.1, 0.15) is 84.9 Å². The van der Waals surface area contributed by atoms with E-state index in [1.54, 1.807) is 38.4 Å². The van der Waals surface area contributed by atoms with Gasteiger partial charge < -0.3 is 52.4 Å². The van der Waals surface area contributed by atoms with Crippen LogP contribution in [0.15, 0.2) is 100 Å². The summed E-state index contributed by atoms with van der Waals surface area (Å²) in [5, 5.41) is 14.9. The molecule has 0 saturated heterocycles. The number of aryl methyl sites for hydroxylation is 3. The molecule has 16 nitrogen and oxygen atoms in total. The molecule has 6 rings (SSSR count). The Labute approximate surface area is 415 Å². The summed E-state index contributed by atoms with van der Waals surface area (Å²) >= 11 is 5.50. The lowest BCUT2D eigenvalue weighted by atomic mass is 10.1. The topological polar surface area (TPSA) is 200 Å². The summed E-state index contributed by atoms with van der Waals surface area (Å²) in [6.07, 6.45) is 1.74. The minimum Gasteiger partial charge on any atom is -0.508 e. The predicted octanol–water partition coefficient (Wildman–Crippen LogP) is 10.8. The maximum absolute atomic E-state index is 11.9. The van der Waals surface area contributed by atoms with Crippen LogP contribution in [-0.2, 0) is 9.47 Å². The summed E-state index contributed by atoms with van der Waals surface area (Å²) < 4.78 is 37.0. The number of phenolic OH excluding ortho intramolecular Hbond substituents is 1. The first-order chi connectivity index (χ1) is 32.4. The Bertz CT molecular complexity index is 2790. The Balaban J connectivity index is 0.000000331. The number of hydrogen-bond acceptors (Lipinski definition) is 14. The number of benzene rings is 3. The highest BCUT2D eigenvalue weighted by Crippen LogP contribution is 2.24. The first kappa shape index (κ1) is 59.6. The summed E-state index contributed by atoms with van der Waals surface area (Å²) in [6.45, 7) is 19.8. The maximum Gasteiger partial charge on any atom is 0.410 e. The minimum absolute atomic E-state index is 0. The summed E-state index contributed by atoms with van der Waals surface area (Å²) in [7, 11) is 5.32. The number of carbonyl (C=O) groups is 2. The summed E-state index contributed by atoms with van der Waals surface area (Å²) in [6, 6.07) is 20.1. The lowest BCUT2D eigenvalue weighted by molar-refractivity contribution is 0.0284. The van der Waals surface area contributed by atoms with Gasteiger partial charge in [0.05, 0.1) is 13.2 Å². The van der Waals surface area contributed by atoms with Crippen molar-refractivity contribution in [1.82, 2.24) is 15.1 Å². The number of nitrogens with zero attached hydrogens (tertiary/aromatic N) is 2. The zero-order valence-electron chi connectivity index (χ0n) is 41.9. The zero-order chi connectivity index (χ0) is 51.5. The number of hydrogen-bond donors (Lipinski definition) is 2. The maximum atomic E-state index is 11.9. The molecule has 384 valence electrons. The van der Waals surface area contributed by atoms with Gasteiger partial charge in [0.25, 0.3) is 0 Å². The Morgan fingerprint density at radius 3 is 1.36 bits per heavy atom. The van der Waals surface area contributed by atoms with E-state index < -0.39 is 16.8 Å². The predicted molar refractivity (Wildman–Crippen MR) is 277 cm³/mol. The fourth-order valence-corrected chi connectivity index (χ4v) is 6.31. The first-order valence-electron chi connectivity index (χ1n) is 22.6. The third-order valence-electron chi connectivity index (χ3n) is 9.56. The van der Waals surface area contributed by atoms with Crippen LogP contribution in [0.25, 0.3) is 32.9 Å². The van der Waals surface area contributed by atoms with Gasteiger partial charge in [0, 0.05) is 85.6 Å². The van der Waals surface area contributed by atoms with Crippen molar-refractivity contribution in [2.45, 2.75) is 100 Å². The number of ether oxygens (including phenoxy) is 4. The van der Waals surface area contributed by atoms with E-state index in [1.807, 2.05) is 93.6 Å². The van der Waals surface area contributed by atoms with Crippen LogP contribution in [0, 0.1) is 20.8 Å². The molecule has 0 fully saturated rings. The van der Waals surface area contributed by atoms with Gasteiger partial charge in [0.1, 0.15) is 45.2 Å². The molecule has 0 atom stereocenters. The van der Waals surface area contributed by atoms with Crippen LogP contribution < -0.4 is 31.7 Å². The highest BCUT2D eigenvalue weighted by molar-refractivity contribution is 6.17. The lowest BCUT2D eigenvalue weighted by Crippen LogP contribution is -2.35. The molecule has 3 heterocycles. The molecule has 0 aliphatic rings. The third-order valence-corrected chi connectivity index (χ3v) is 9.83. The van der Waals surface area contributed by atoms with Crippen LogP contribution >= 0.6 is 11.6 Å². The quantitative estimate of drug-likeness (QED) is 0.0629. The summed E-state index contributed by atoms with van der Waals surface area (Å²) in [4.78, 5) is 60.0. The molecule has 70 heavy (non-hydrogen) atoms. The summed E-state index contributed by atoms with van der Waals surface area (Å²) in [5.41, 5.74) is 2.13. The van der Waals surface area contributed by atoms with Crippen LogP contribution in [0.3, 0.4) is 0 Å². The molecular formula is C53H72ClN3O13. The number of aromatic hydroxyl groups is 1. The highest BCUT2D eigenvalue weighted by Gasteiger charge is 2.20. The lowest BCUT2D eigenvalue weighted by Gasteiger charge is -2.24. The van der Waals surface area contributed by atoms with Crippen molar-refractivity contribution < 1.29 is 46.9 Å². The van der Waals surface area contributed by atoms with E-state index in [0.29, 0.717) is 61.1 Å². The largest absolute Gasteiger partial charge is 0.508 e. The van der Waals surface area contributed by atoms with E-state index in [1.165, 1.54) is 34.1 Å². The van der Waals surface area contributed by atoms with Crippen LogP contribution in [0.4, 0.5) is 9.59 Å². The van der Waals surface area contributed by atoms with Gasteiger partial charge in [-0.25, -0.2) is 24.0 Å². The number of fused-ring (bicyclic) bond motifs is 3. The number of amides is 2. The fourth-order valence-electron chi connectivity index (χ4n) is 6.19. The number of rotatable bonds is 13. The van der Waals surface area contributed by atoms with Crippen molar-refractivity contribution in [3.05, 3.63) is 121 Å². The molecule has 0 radical (unpaired) electrons. The minimum atomic E-state index is -0.505. The van der Waals surface area contributed by atoms with E-state index in [-0.39, 0.29) is 36.6 Å². The molecule has 0 spiro atoms. The van der Waals surface area contributed by atoms with E-state index in [4.69, 9.17) is 48.9 Å². The molecule has 0 unspecified atom stereocenters. The van der Waals surface area contributed by atoms with Crippen molar-refractivity contribution in [2.24, 2.45) is 0 Å². The standard InChI is InChI=1S/C19H25NO5.C14H17NO3.C10H8O3.C9H18ClNO2.CH4/c1-13-11-17(21)24-16-12-14(7-8-15(13)16)23-10-6-9-20(5)18(22)25-19(2,3)4;1-10-8-14(16)18-13-9-11(4-5-12(10)13)17-7-3-6-15-2;1-6-4-10(12)13-9-5-7(11)2-3-8(6)9;1-9(2,3)13-8(12)11(4)7-5-6-10;/h7-8,11-12H,6,9-10H2,1-5H3;4-5,8-9,15H,3,6-7H2,1-2H3;2-5,11H,1H3;5-7H2,1-4H3;1H4. The average Bonchev–Trinajstić information content (AvgIpc) is 3.24. The van der Waals surface area contributed by atoms with Gasteiger partial charge in [-0.1, -0.05) is 7.43 Å². The smallest absolute Gasteiger partial charge is 0.410 e. The molecule has 0 saturated carbocycles. The normalized spacial score (nSPS) is 10.9. The number of nitrogens with one attached hydrogen (secondary N) is 1. The second-order valence-corrected chi connectivity index (χ2v) is 18.5. The Hall–Kier alpha value is -6.52. The van der Waals surface area contributed by atoms with Gasteiger partial charge >= 0.3 is 29.1 Å². The second-order valence-electron chi connectivity index (χ2n) is 18.1. The number of carbonyl (C=O) groups excluding carboxylic acids is 2. The summed E-state index contributed by atoms with van der Waals surface area (Å²) in [5.74, 6) is 2.02. The van der Waals surface area contributed by atoms with Crippen molar-refractivity contribution in [3.8, 4) is 17.2 Å². The molecule has 2 N–H and O–H groups in total. The van der Waals surface area contributed by atoms with Crippen molar-refractivity contribution in [1.29, 1.82) is 0 Å². The molecule has 0 aliphatic heterocycles. The second kappa shape index (κ2) is 28.2. The molecule has 6 aromatic rings. The van der Waals surface area contributed by atoms with Crippen molar-refractivity contribution >= 4 is 56.7 Å². The highest BCUT2D eigenvalue weighted by atomic mass is 35.5. The van der Waals surface area contributed by atoms with E-state index in [0.717, 1.165) is 58.0 Å². The van der Waals surface area contributed by atoms with Crippen molar-refractivity contribution in [3.63, 3.8) is 0 Å². The molecule has 2 amide bonds. The van der Waals surface area contributed by atoms with Crippen LogP contribution in [-0.4, -0.2) is 98.2 Å². The molecule has 3 aromatic heterocycles. The van der Waals surface area contributed by atoms with E-state index >= 15 is 0 Å². The molecule has 17 heteroatoms. The van der Waals surface area contributed by atoms with Crippen molar-refractivity contribution in [2.75, 3.05) is 59.9 Å². The Morgan fingerprint density at radius 2 is 0.971 bits per heavy atom.